The number of nitrogens with zero attached hydrogens (tertiary/aromatic N) is 2. The van der Waals surface area contributed by atoms with Gasteiger partial charge in [0.25, 0.3) is 15.9 Å². The standard InChI is InChI=1S/C19H25N3O5S/c1-3-13(2)20-17(23)12-27-19(24)14-8-10-22(11-9-14)18-15-6-4-5-7-16(15)28(25,26)21-18/h4-7,13-14H,3,8-12H2,1-2H3,(H,20,23)/t13-/m1/s1. The summed E-state index contributed by atoms with van der Waals surface area (Å²) in [4.78, 5) is 26.1. The zero-order valence-electron chi connectivity index (χ0n) is 16.1. The number of piperidine rings is 1. The summed E-state index contributed by atoms with van der Waals surface area (Å²) in [6, 6.07) is 6.80. The Labute approximate surface area is 165 Å². The summed E-state index contributed by atoms with van der Waals surface area (Å²) in [7, 11) is -3.65. The van der Waals surface area contributed by atoms with Gasteiger partial charge in [0.15, 0.2) is 12.4 Å². The van der Waals surface area contributed by atoms with Crippen molar-refractivity contribution in [2.75, 3.05) is 19.7 Å². The van der Waals surface area contributed by atoms with Crippen LogP contribution in [0, 0.1) is 5.92 Å². The first-order valence-electron chi connectivity index (χ1n) is 9.47. The van der Waals surface area contributed by atoms with E-state index in [1.807, 2.05) is 18.7 Å². The minimum Gasteiger partial charge on any atom is -0.455 e. The molecule has 1 N–H and O–H groups in total. The molecule has 0 saturated carbocycles. The Bertz CT molecular complexity index is 889. The first-order valence-corrected chi connectivity index (χ1v) is 10.9. The number of sulfonamides is 1. The third-order valence-electron chi connectivity index (χ3n) is 5.11. The van der Waals surface area contributed by atoms with Crippen LogP contribution in [0.3, 0.4) is 0 Å². The van der Waals surface area contributed by atoms with Gasteiger partial charge in [0, 0.05) is 24.7 Å². The van der Waals surface area contributed by atoms with Gasteiger partial charge in [0.1, 0.15) is 4.90 Å². The molecule has 1 aromatic carbocycles. The molecule has 28 heavy (non-hydrogen) atoms. The Morgan fingerprint density at radius 2 is 1.96 bits per heavy atom. The van der Waals surface area contributed by atoms with E-state index in [4.69, 9.17) is 4.74 Å². The number of rotatable bonds is 5. The Morgan fingerprint density at radius 3 is 2.64 bits per heavy atom. The van der Waals surface area contributed by atoms with E-state index in [1.165, 1.54) is 0 Å². The van der Waals surface area contributed by atoms with E-state index in [0.29, 0.717) is 37.3 Å². The van der Waals surface area contributed by atoms with Crippen LogP contribution < -0.4 is 5.32 Å². The van der Waals surface area contributed by atoms with Crippen molar-refractivity contribution >= 4 is 27.7 Å². The molecule has 1 saturated heterocycles. The minimum atomic E-state index is -3.65. The molecule has 0 aromatic heterocycles. The molecule has 1 amide bonds. The lowest BCUT2D eigenvalue weighted by molar-refractivity contribution is -0.153. The van der Waals surface area contributed by atoms with E-state index in [9.17, 15) is 18.0 Å². The molecule has 0 aliphatic carbocycles. The molecule has 1 aromatic rings. The van der Waals surface area contributed by atoms with E-state index in [1.54, 1.807) is 24.3 Å². The number of carbonyl (C=O) groups excluding carboxylic acids is 2. The molecule has 2 heterocycles. The Kier molecular flexibility index (Phi) is 6.02. The number of fused-ring (bicyclic) bond motifs is 1. The maximum atomic E-state index is 12.2. The highest BCUT2D eigenvalue weighted by molar-refractivity contribution is 7.90. The van der Waals surface area contributed by atoms with E-state index in [2.05, 4.69) is 9.71 Å². The fourth-order valence-corrected chi connectivity index (χ4v) is 4.54. The summed E-state index contributed by atoms with van der Waals surface area (Å²) < 4.78 is 33.5. The number of amides is 1. The zero-order valence-corrected chi connectivity index (χ0v) is 16.9. The van der Waals surface area contributed by atoms with E-state index < -0.39 is 10.0 Å². The third-order valence-corrected chi connectivity index (χ3v) is 6.43. The second-order valence-corrected chi connectivity index (χ2v) is 8.70. The van der Waals surface area contributed by atoms with Gasteiger partial charge in [0.05, 0.1) is 5.92 Å². The summed E-state index contributed by atoms with van der Waals surface area (Å²) in [5.74, 6) is -0.556. The van der Waals surface area contributed by atoms with Crippen molar-refractivity contribution < 1.29 is 22.7 Å². The largest absolute Gasteiger partial charge is 0.455 e. The van der Waals surface area contributed by atoms with Crippen molar-refractivity contribution in [3.8, 4) is 0 Å². The van der Waals surface area contributed by atoms with Crippen LogP contribution in [0.25, 0.3) is 0 Å². The van der Waals surface area contributed by atoms with Gasteiger partial charge >= 0.3 is 5.97 Å². The highest BCUT2D eigenvalue weighted by atomic mass is 32.2. The molecule has 1 fully saturated rings. The number of carbonyl (C=O) groups is 2. The minimum absolute atomic E-state index is 0.0424. The normalized spacial score (nSPS) is 19.5. The molecule has 2 aliphatic rings. The number of likely N-dealkylation sites (tertiary alicyclic amines) is 1. The summed E-state index contributed by atoms with van der Waals surface area (Å²) in [5, 5.41) is 2.75. The summed E-state index contributed by atoms with van der Waals surface area (Å²) in [6.45, 7) is 4.58. The number of nitrogens with one attached hydrogen (secondary N) is 1. The number of ether oxygens (including phenoxy) is 1. The maximum absolute atomic E-state index is 12.2. The molecule has 152 valence electrons. The summed E-state index contributed by atoms with van der Waals surface area (Å²) >= 11 is 0. The van der Waals surface area contributed by atoms with Gasteiger partial charge in [-0.25, -0.2) is 0 Å². The van der Waals surface area contributed by atoms with Crippen molar-refractivity contribution in [3.05, 3.63) is 29.8 Å². The molecule has 0 radical (unpaired) electrons. The predicted molar refractivity (Wildman–Crippen MR) is 103 cm³/mol. The van der Waals surface area contributed by atoms with Gasteiger partial charge in [-0.15, -0.1) is 4.40 Å². The number of esters is 1. The average Bonchev–Trinajstić information content (AvgIpc) is 2.97. The summed E-state index contributed by atoms with van der Waals surface area (Å²) in [5.41, 5.74) is 0.602. The van der Waals surface area contributed by atoms with Crippen LogP contribution in [0.1, 0.15) is 38.7 Å². The van der Waals surface area contributed by atoms with Gasteiger partial charge in [-0.2, -0.15) is 8.42 Å². The quantitative estimate of drug-likeness (QED) is 0.738. The molecule has 8 nitrogen and oxygen atoms in total. The van der Waals surface area contributed by atoms with Crippen molar-refractivity contribution in [3.63, 3.8) is 0 Å². The lowest BCUT2D eigenvalue weighted by Crippen LogP contribution is -2.41. The Balaban J connectivity index is 1.54. The monoisotopic (exact) mass is 407 g/mol. The van der Waals surface area contributed by atoms with Gasteiger partial charge in [-0.1, -0.05) is 19.1 Å². The van der Waals surface area contributed by atoms with Crippen molar-refractivity contribution in [2.24, 2.45) is 10.3 Å². The fraction of sp³-hybridized carbons (Fsp3) is 0.526. The smallest absolute Gasteiger partial charge is 0.309 e. The first kappa shape index (κ1) is 20.3. The lowest BCUT2D eigenvalue weighted by Gasteiger charge is -2.32. The SMILES string of the molecule is CC[C@@H](C)NC(=O)COC(=O)C1CCN(C2=NS(=O)(=O)c3ccccc32)CC1. The molecule has 1 atom stereocenters. The molecule has 2 aliphatic heterocycles. The first-order chi connectivity index (χ1) is 13.3. The third kappa shape index (κ3) is 4.35. The van der Waals surface area contributed by atoms with Crippen LogP contribution in [-0.4, -0.2) is 56.8 Å². The van der Waals surface area contributed by atoms with Gasteiger partial charge in [0.2, 0.25) is 0 Å². The molecule has 9 heteroatoms. The predicted octanol–water partition coefficient (Wildman–Crippen LogP) is 1.31. The lowest BCUT2D eigenvalue weighted by atomic mass is 9.96. The van der Waals surface area contributed by atoms with Crippen molar-refractivity contribution in [2.45, 2.75) is 44.0 Å². The number of hydrogen-bond donors (Lipinski definition) is 1. The molecule has 3 rings (SSSR count). The van der Waals surface area contributed by atoms with E-state index >= 15 is 0 Å². The number of benzene rings is 1. The second-order valence-electron chi connectivity index (χ2n) is 7.13. The van der Waals surface area contributed by atoms with Crippen LogP contribution >= 0.6 is 0 Å². The highest BCUT2D eigenvalue weighted by Crippen LogP contribution is 2.29. The van der Waals surface area contributed by atoms with E-state index in [0.717, 1.165) is 6.42 Å². The zero-order chi connectivity index (χ0) is 20.3. The van der Waals surface area contributed by atoms with Crippen LogP contribution in [0.5, 0.6) is 0 Å². The number of amidine groups is 1. The number of hydrogen-bond acceptors (Lipinski definition) is 6. The fourth-order valence-electron chi connectivity index (χ4n) is 3.32. The molecular formula is C19H25N3O5S. The maximum Gasteiger partial charge on any atom is 0.309 e. The molecular weight excluding hydrogens is 382 g/mol. The Hall–Kier alpha value is -2.42. The van der Waals surface area contributed by atoms with Gasteiger partial charge < -0.3 is 15.0 Å². The molecule has 0 spiro atoms. The highest BCUT2D eigenvalue weighted by Gasteiger charge is 2.34. The topological polar surface area (TPSA) is 105 Å². The van der Waals surface area contributed by atoms with Crippen molar-refractivity contribution in [1.82, 2.24) is 10.2 Å². The van der Waals surface area contributed by atoms with Crippen molar-refractivity contribution in [1.29, 1.82) is 0 Å². The van der Waals surface area contributed by atoms with Gasteiger partial charge in [-0.05, 0) is 38.3 Å². The van der Waals surface area contributed by atoms with Crippen LogP contribution in [-0.2, 0) is 24.3 Å². The Morgan fingerprint density at radius 1 is 1.29 bits per heavy atom. The van der Waals surface area contributed by atoms with Crippen LogP contribution in [0.4, 0.5) is 0 Å². The van der Waals surface area contributed by atoms with E-state index in [-0.39, 0.29) is 35.3 Å². The average molecular weight is 407 g/mol. The molecule has 0 unspecified atom stereocenters. The van der Waals surface area contributed by atoms with Crippen LogP contribution in [0.2, 0.25) is 0 Å². The van der Waals surface area contributed by atoms with Gasteiger partial charge in [-0.3, -0.25) is 9.59 Å². The van der Waals surface area contributed by atoms with Crippen LogP contribution in [0.15, 0.2) is 33.6 Å². The summed E-state index contributed by atoms with van der Waals surface area (Å²) in [6.07, 6.45) is 1.85. The second kappa shape index (κ2) is 8.30. The molecule has 0 bridgehead atoms.